The van der Waals surface area contributed by atoms with Crippen molar-refractivity contribution in [2.24, 2.45) is 0 Å². The maximum atomic E-state index is 13.5. The van der Waals surface area contributed by atoms with E-state index in [4.69, 9.17) is 16.1 Å². The zero-order chi connectivity index (χ0) is 17.8. The molecule has 0 aliphatic carbocycles. The number of nitrogens with one attached hydrogen (secondary N) is 1. The van der Waals surface area contributed by atoms with Crippen LogP contribution in [0, 0.1) is 12.7 Å². The summed E-state index contributed by atoms with van der Waals surface area (Å²) in [6, 6.07) is 11.6. The average molecular weight is 360 g/mol. The number of hydrogen-bond donors (Lipinski definition) is 1. The Morgan fingerprint density at radius 3 is 2.72 bits per heavy atom. The molecule has 128 valence electrons. The number of hydrogen-bond acceptors (Lipinski definition) is 4. The van der Waals surface area contributed by atoms with Crippen molar-refractivity contribution in [2.45, 2.75) is 19.8 Å². The van der Waals surface area contributed by atoms with Crippen molar-refractivity contribution in [1.29, 1.82) is 0 Å². The van der Waals surface area contributed by atoms with E-state index in [1.54, 1.807) is 43.3 Å². The van der Waals surface area contributed by atoms with Crippen LogP contribution in [0.5, 0.6) is 0 Å². The Hall–Kier alpha value is -2.73. The fourth-order valence-corrected chi connectivity index (χ4v) is 2.31. The molecule has 1 amide bonds. The Morgan fingerprint density at radius 1 is 1.24 bits per heavy atom. The number of nitrogens with zero attached hydrogens (tertiary/aromatic N) is 2. The molecule has 0 unspecified atom stereocenters. The second-order valence-electron chi connectivity index (χ2n) is 5.53. The monoisotopic (exact) mass is 359 g/mol. The fraction of sp³-hybridized carbons (Fsp3) is 0.167. The molecule has 0 spiro atoms. The molecule has 25 heavy (non-hydrogen) atoms. The first-order valence-corrected chi connectivity index (χ1v) is 8.03. The van der Waals surface area contributed by atoms with Crippen LogP contribution in [-0.4, -0.2) is 16.0 Å². The van der Waals surface area contributed by atoms with Crippen LogP contribution >= 0.6 is 11.6 Å². The Bertz CT molecular complexity index is 894. The van der Waals surface area contributed by atoms with Crippen LogP contribution in [-0.2, 0) is 11.2 Å². The van der Waals surface area contributed by atoms with Crippen molar-refractivity contribution in [3.8, 4) is 11.4 Å². The minimum absolute atomic E-state index is 0.151. The third-order valence-electron chi connectivity index (χ3n) is 3.59. The molecule has 7 heteroatoms. The smallest absolute Gasteiger partial charge is 0.227 e. The Kier molecular flexibility index (Phi) is 5.09. The van der Waals surface area contributed by atoms with Crippen molar-refractivity contribution in [3.63, 3.8) is 0 Å². The summed E-state index contributed by atoms with van der Waals surface area (Å²) in [5.74, 6) is 0.180. The van der Waals surface area contributed by atoms with E-state index in [0.29, 0.717) is 34.4 Å². The molecule has 3 aromatic rings. The van der Waals surface area contributed by atoms with Crippen LogP contribution in [0.25, 0.3) is 11.4 Å². The molecule has 0 aliphatic heterocycles. The van der Waals surface area contributed by atoms with E-state index in [2.05, 4.69) is 15.5 Å². The summed E-state index contributed by atoms with van der Waals surface area (Å²) in [5, 5.41) is 7.15. The summed E-state index contributed by atoms with van der Waals surface area (Å²) in [6.45, 7) is 1.66. The summed E-state index contributed by atoms with van der Waals surface area (Å²) in [7, 11) is 0. The lowest BCUT2D eigenvalue weighted by Crippen LogP contribution is -2.12. The number of rotatable bonds is 5. The maximum absolute atomic E-state index is 13.5. The predicted octanol–water partition coefficient (Wildman–Crippen LogP) is 4.41. The molecule has 1 heterocycles. The minimum Gasteiger partial charge on any atom is -0.339 e. The topological polar surface area (TPSA) is 68.0 Å². The van der Waals surface area contributed by atoms with Crippen LogP contribution in [0.4, 0.5) is 10.1 Å². The largest absolute Gasteiger partial charge is 0.339 e. The van der Waals surface area contributed by atoms with Gasteiger partial charge in [0, 0.05) is 29.1 Å². The molecule has 0 saturated heterocycles. The molecular weight excluding hydrogens is 345 g/mol. The van der Waals surface area contributed by atoms with Crippen molar-refractivity contribution in [1.82, 2.24) is 10.1 Å². The predicted molar refractivity (Wildman–Crippen MR) is 92.8 cm³/mol. The van der Waals surface area contributed by atoms with E-state index in [-0.39, 0.29) is 18.1 Å². The Labute approximate surface area is 148 Å². The summed E-state index contributed by atoms with van der Waals surface area (Å²) in [4.78, 5) is 16.2. The van der Waals surface area contributed by atoms with Crippen molar-refractivity contribution in [3.05, 3.63) is 64.8 Å². The van der Waals surface area contributed by atoms with E-state index in [9.17, 15) is 9.18 Å². The normalized spacial score (nSPS) is 10.7. The van der Waals surface area contributed by atoms with Crippen LogP contribution < -0.4 is 5.32 Å². The first kappa shape index (κ1) is 17.1. The van der Waals surface area contributed by atoms with Gasteiger partial charge in [-0.05, 0) is 48.9 Å². The van der Waals surface area contributed by atoms with Gasteiger partial charge in [0.2, 0.25) is 17.6 Å². The van der Waals surface area contributed by atoms with E-state index in [0.717, 1.165) is 5.56 Å². The summed E-state index contributed by atoms with van der Waals surface area (Å²) >= 11 is 5.84. The molecule has 0 bridgehead atoms. The van der Waals surface area contributed by atoms with Crippen LogP contribution in [0.1, 0.15) is 17.9 Å². The second-order valence-corrected chi connectivity index (χ2v) is 5.97. The van der Waals surface area contributed by atoms with Gasteiger partial charge in [-0.15, -0.1) is 0 Å². The quantitative estimate of drug-likeness (QED) is 0.732. The van der Waals surface area contributed by atoms with Crippen LogP contribution in [0.3, 0.4) is 0 Å². The highest BCUT2D eigenvalue weighted by Gasteiger charge is 2.11. The summed E-state index contributed by atoms with van der Waals surface area (Å²) in [5.41, 5.74) is 1.72. The lowest BCUT2D eigenvalue weighted by Gasteiger charge is -2.05. The molecule has 1 aromatic heterocycles. The number of anilines is 1. The molecule has 3 rings (SSSR count). The van der Waals surface area contributed by atoms with E-state index < -0.39 is 0 Å². The summed E-state index contributed by atoms with van der Waals surface area (Å²) < 4.78 is 18.6. The standard InChI is InChI=1S/C18H15ClFN3O2/c1-11-2-7-14(10-15(11)20)21-16(24)8-9-17-22-18(23-25-17)12-3-5-13(19)6-4-12/h2-7,10H,8-9H2,1H3,(H,21,24). The highest BCUT2D eigenvalue weighted by Crippen LogP contribution is 2.19. The fourth-order valence-electron chi connectivity index (χ4n) is 2.19. The highest BCUT2D eigenvalue weighted by atomic mass is 35.5. The number of carbonyl (C=O) groups excluding carboxylic acids is 1. The number of aryl methyl sites for hydroxylation is 2. The molecular formula is C18H15ClFN3O2. The van der Waals surface area contributed by atoms with Gasteiger partial charge in [-0.2, -0.15) is 4.98 Å². The van der Waals surface area contributed by atoms with Crippen LogP contribution in [0.2, 0.25) is 5.02 Å². The molecule has 0 radical (unpaired) electrons. The van der Waals surface area contributed by atoms with Crippen molar-refractivity contribution < 1.29 is 13.7 Å². The van der Waals surface area contributed by atoms with Gasteiger partial charge in [-0.3, -0.25) is 4.79 Å². The first-order valence-electron chi connectivity index (χ1n) is 7.66. The van der Waals surface area contributed by atoms with Gasteiger partial charge >= 0.3 is 0 Å². The zero-order valence-electron chi connectivity index (χ0n) is 13.4. The van der Waals surface area contributed by atoms with Gasteiger partial charge in [0.25, 0.3) is 0 Å². The van der Waals surface area contributed by atoms with E-state index in [1.807, 2.05) is 0 Å². The van der Waals surface area contributed by atoms with Gasteiger partial charge in [0.15, 0.2) is 0 Å². The Balaban J connectivity index is 1.57. The molecule has 0 fully saturated rings. The molecule has 0 atom stereocenters. The minimum atomic E-state index is -0.359. The molecule has 0 saturated carbocycles. The zero-order valence-corrected chi connectivity index (χ0v) is 14.2. The van der Waals surface area contributed by atoms with Crippen LogP contribution in [0.15, 0.2) is 47.0 Å². The number of carbonyl (C=O) groups is 1. The SMILES string of the molecule is Cc1ccc(NC(=O)CCc2nc(-c3ccc(Cl)cc3)no2)cc1F. The lowest BCUT2D eigenvalue weighted by molar-refractivity contribution is -0.116. The average Bonchev–Trinajstić information content (AvgIpc) is 3.06. The van der Waals surface area contributed by atoms with Gasteiger partial charge in [-0.25, -0.2) is 4.39 Å². The number of benzene rings is 2. The van der Waals surface area contributed by atoms with E-state index >= 15 is 0 Å². The number of aromatic nitrogens is 2. The molecule has 2 aromatic carbocycles. The highest BCUT2D eigenvalue weighted by molar-refractivity contribution is 6.30. The summed E-state index contributed by atoms with van der Waals surface area (Å²) in [6.07, 6.45) is 0.443. The molecule has 0 aliphatic rings. The lowest BCUT2D eigenvalue weighted by atomic mass is 10.2. The Morgan fingerprint density at radius 2 is 2.00 bits per heavy atom. The van der Waals surface area contributed by atoms with E-state index in [1.165, 1.54) is 6.07 Å². The number of halogens is 2. The van der Waals surface area contributed by atoms with Gasteiger partial charge in [0.05, 0.1) is 0 Å². The second kappa shape index (κ2) is 7.44. The van der Waals surface area contributed by atoms with Gasteiger partial charge < -0.3 is 9.84 Å². The molecule has 1 N–H and O–H groups in total. The van der Waals surface area contributed by atoms with Gasteiger partial charge in [-0.1, -0.05) is 22.8 Å². The maximum Gasteiger partial charge on any atom is 0.227 e. The van der Waals surface area contributed by atoms with Crippen molar-refractivity contribution in [2.75, 3.05) is 5.32 Å². The third-order valence-corrected chi connectivity index (χ3v) is 3.84. The van der Waals surface area contributed by atoms with Crippen molar-refractivity contribution >= 4 is 23.2 Å². The third kappa shape index (κ3) is 4.42. The number of amides is 1. The first-order chi connectivity index (χ1) is 12.0. The molecule has 5 nitrogen and oxygen atoms in total. The van der Waals surface area contributed by atoms with Gasteiger partial charge in [0.1, 0.15) is 5.82 Å².